The Morgan fingerprint density at radius 3 is 2.35 bits per heavy atom. The van der Waals surface area contributed by atoms with Crippen LogP contribution < -0.4 is 4.74 Å². The van der Waals surface area contributed by atoms with Crippen LogP contribution in [0, 0.1) is 20.8 Å². The van der Waals surface area contributed by atoms with E-state index in [0.717, 1.165) is 33.7 Å². The van der Waals surface area contributed by atoms with Gasteiger partial charge in [0, 0.05) is 11.8 Å². The molecule has 0 aliphatic rings. The Bertz CT molecular complexity index is 678. The van der Waals surface area contributed by atoms with Crippen LogP contribution in [0.4, 0.5) is 0 Å². The molecule has 1 aromatic heterocycles. The number of carbonyl (C=O) groups is 1. The highest BCUT2D eigenvalue weighted by Gasteiger charge is 2.12. The minimum atomic E-state index is -0.963. The van der Waals surface area contributed by atoms with Gasteiger partial charge >= 0.3 is 5.97 Å². The fourth-order valence-corrected chi connectivity index (χ4v) is 2.24. The Morgan fingerprint density at radius 1 is 1.10 bits per heavy atom. The Balaban J connectivity index is 2.57. The lowest BCUT2D eigenvalue weighted by Crippen LogP contribution is -2.00. The van der Waals surface area contributed by atoms with Crippen LogP contribution in [-0.4, -0.2) is 23.2 Å². The van der Waals surface area contributed by atoms with Crippen molar-refractivity contribution in [3.63, 3.8) is 0 Å². The van der Waals surface area contributed by atoms with Gasteiger partial charge in [-0.2, -0.15) is 0 Å². The highest BCUT2D eigenvalue weighted by molar-refractivity contribution is 5.88. The summed E-state index contributed by atoms with van der Waals surface area (Å²) in [5.41, 5.74) is 4.92. The topological polar surface area (TPSA) is 59.4 Å². The first-order chi connectivity index (χ1) is 9.43. The van der Waals surface area contributed by atoms with Crippen LogP contribution >= 0.6 is 0 Å². The Kier molecular flexibility index (Phi) is 3.74. The van der Waals surface area contributed by atoms with Gasteiger partial charge in [0.15, 0.2) is 0 Å². The number of aromatic carboxylic acids is 1. The van der Waals surface area contributed by atoms with Crippen molar-refractivity contribution >= 4 is 5.97 Å². The number of benzene rings is 1. The van der Waals surface area contributed by atoms with E-state index in [9.17, 15) is 4.79 Å². The third-order valence-corrected chi connectivity index (χ3v) is 3.32. The summed E-state index contributed by atoms with van der Waals surface area (Å²) in [7, 11) is 1.65. The summed E-state index contributed by atoms with van der Waals surface area (Å²) in [5.74, 6) is -0.124. The van der Waals surface area contributed by atoms with Crippen LogP contribution in [0.2, 0.25) is 0 Å². The average Bonchev–Trinajstić information content (AvgIpc) is 2.41. The molecule has 104 valence electrons. The van der Waals surface area contributed by atoms with Gasteiger partial charge in [0.05, 0.1) is 18.4 Å². The van der Waals surface area contributed by atoms with Crippen LogP contribution in [0.15, 0.2) is 24.4 Å². The maximum absolute atomic E-state index is 10.9. The first-order valence-electron chi connectivity index (χ1n) is 6.29. The van der Waals surface area contributed by atoms with E-state index in [-0.39, 0.29) is 5.56 Å². The predicted molar refractivity (Wildman–Crippen MR) is 77.4 cm³/mol. The lowest BCUT2D eigenvalue weighted by molar-refractivity contribution is 0.0696. The standard InChI is InChI=1S/C16H17NO3/c1-9-7-14(20-4)10(2)6-13(9)15-11(3)5-12(8-17-15)16(18)19/h5-8H,1-4H3,(H,18,19). The third kappa shape index (κ3) is 2.50. The lowest BCUT2D eigenvalue weighted by atomic mass is 9.98. The number of carboxylic acid groups (broad SMARTS) is 1. The van der Waals surface area contributed by atoms with Crippen LogP contribution in [0.3, 0.4) is 0 Å². The zero-order valence-corrected chi connectivity index (χ0v) is 12.0. The number of hydrogen-bond acceptors (Lipinski definition) is 3. The van der Waals surface area contributed by atoms with Crippen LogP contribution in [0.5, 0.6) is 5.75 Å². The predicted octanol–water partition coefficient (Wildman–Crippen LogP) is 3.38. The SMILES string of the molecule is COc1cc(C)c(-c2ncc(C(=O)O)cc2C)cc1C. The van der Waals surface area contributed by atoms with E-state index in [1.54, 1.807) is 13.2 Å². The summed E-state index contributed by atoms with van der Waals surface area (Å²) in [4.78, 5) is 15.3. The number of carboxylic acids is 1. The smallest absolute Gasteiger partial charge is 0.337 e. The van der Waals surface area contributed by atoms with Gasteiger partial charge in [0.2, 0.25) is 0 Å². The molecule has 1 N–H and O–H groups in total. The number of hydrogen-bond donors (Lipinski definition) is 1. The molecule has 0 atom stereocenters. The van der Waals surface area contributed by atoms with Gasteiger partial charge < -0.3 is 9.84 Å². The molecule has 0 spiro atoms. The fourth-order valence-electron chi connectivity index (χ4n) is 2.24. The molecule has 0 amide bonds. The Morgan fingerprint density at radius 2 is 1.80 bits per heavy atom. The number of aryl methyl sites for hydroxylation is 3. The van der Waals surface area contributed by atoms with Crippen molar-refractivity contribution in [2.75, 3.05) is 7.11 Å². The molecule has 2 aromatic rings. The second-order valence-electron chi connectivity index (χ2n) is 4.83. The molecule has 1 aromatic carbocycles. The molecule has 0 unspecified atom stereocenters. The quantitative estimate of drug-likeness (QED) is 0.929. The zero-order valence-electron chi connectivity index (χ0n) is 12.0. The number of rotatable bonds is 3. The highest BCUT2D eigenvalue weighted by Crippen LogP contribution is 2.30. The van der Waals surface area contributed by atoms with E-state index in [1.165, 1.54) is 6.20 Å². The molecular formula is C16H17NO3. The van der Waals surface area contributed by atoms with E-state index in [2.05, 4.69) is 4.98 Å². The van der Waals surface area contributed by atoms with Gasteiger partial charge in [0.1, 0.15) is 5.75 Å². The second-order valence-corrected chi connectivity index (χ2v) is 4.83. The molecular weight excluding hydrogens is 254 g/mol. The minimum Gasteiger partial charge on any atom is -0.496 e. The van der Waals surface area contributed by atoms with Crippen molar-refractivity contribution in [2.24, 2.45) is 0 Å². The monoisotopic (exact) mass is 271 g/mol. The Labute approximate surface area is 118 Å². The van der Waals surface area contributed by atoms with Crippen molar-refractivity contribution in [2.45, 2.75) is 20.8 Å². The van der Waals surface area contributed by atoms with Crippen molar-refractivity contribution in [1.29, 1.82) is 0 Å². The van der Waals surface area contributed by atoms with Crippen LogP contribution in [-0.2, 0) is 0 Å². The maximum atomic E-state index is 10.9. The van der Waals surface area contributed by atoms with E-state index >= 15 is 0 Å². The van der Waals surface area contributed by atoms with Gasteiger partial charge in [-0.1, -0.05) is 0 Å². The average molecular weight is 271 g/mol. The number of ether oxygens (including phenoxy) is 1. The normalized spacial score (nSPS) is 10.4. The Hall–Kier alpha value is -2.36. The van der Waals surface area contributed by atoms with Gasteiger partial charge in [-0.05, 0) is 55.7 Å². The highest BCUT2D eigenvalue weighted by atomic mass is 16.5. The van der Waals surface area contributed by atoms with Crippen molar-refractivity contribution in [1.82, 2.24) is 4.98 Å². The lowest BCUT2D eigenvalue weighted by Gasteiger charge is -2.13. The summed E-state index contributed by atoms with van der Waals surface area (Å²) in [6.45, 7) is 5.83. The fraction of sp³-hybridized carbons (Fsp3) is 0.250. The molecule has 0 aliphatic heterocycles. The molecule has 2 rings (SSSR count). The van der Waals surface area contributed by atoms with Crippen molar-refractivity contribution in [3.8, 4) is 17.0 Å². The van der Waals surface area contributed by atoms with Crippen LogP contribution in [0.25, 0.3) is 11.3 Å². The largest absolute Gasteiger partial charge is 0.496 e. The number of nitrogens with zero attached hydrogens (tertiary/aromatic N) is 1. The molecule has 4 heteroatoms. The maximum Gasteiger partial charge on any atom is 0.337 e. The van der Waals surface area contributed by atoms with Crippen molar-refractivity contribution < 1.29 is 14.6 Å². The van der Waals surface area contributed by atoms with Gasteiger partial charge in [-0.15, -0.1) is 0 Å². The molecule has 0 aliphatic carbocycles. The van der Waals surface area contributed by atoms with Crippen molar-refractivity contribution in [3.05, 3.63) is 46.6 Å². The summed E-state index contributed by atoms with van der Waals surface area (Å²) >= 11 is 0. The van der Waals surface area contributed by atoms with E-state index in [4.69, 9.17) is 9.84 Å². The number of aromatic nitrogens is 1. The van der Waals surface area contributed by atoms with Gasteiger partial charge in [-0.25, -0.2) is 4.79 Å². The molecule has 0 radical (unpaired) electrons. The minimum absolute atomic E-state index is 0.203. The first-order valence-corrected chi connectivity index (χ1v) is 6.29. The number of pyridine rings is 1. The molecule has 0 fully saturated rings. The summed E-state index contributed by atoms with van der Waals surface area (Å²) in [6, 6.07) is 5.63. The molecule has 0 saturated heterocycles. The molecule has 1 heterocycles. The first kappa shape index (κ1) is 14.1. The molecule has 0 bridgehead atoms. The summed E-state index contributed by atoms with van der Waals surface area (Å²) in [5, 5.41) is 8.98. The molecule has 20 heavy (non-hydrogen) atoms. The molecule has 4 nitrogen and oxygen atoms in total. The zero-order chi connectivity index (χ0) is 14.9. The van der Waals surface area contributed by atoms with Crippen LogP contribution in [0.1, 0.15) is 27.0 Å². The summed E-state index contributed by atoms with van der Waals surface area (Å²) < 4.78 is 5.30. The van der Waals surface area contributed by atoms with E-state index < -0.39 is 5.97 Å². The van der Waals surface area contributed by atoms with Gasteiger partial charge in [0.25, 0.3) is 0 Å². The third-order valence-electron chi connectivity index (χ3n) is 3.32. The number of methoxy groups -OCH3 is 1. The van der Waals surface area contributed by atoms with Gasteiger partial charge in [-0.3, -0.25) is 4.98 Å². The molecule has 0 saturated carbocycles. The summed E-state index contributed by atoms with van der Waals surface area (Å²) in [6.07, 6.45) is 1.39. The second kappa shape index (κ2) is 5.33. The van der Waals surface area contributed by atoms with E-state index in [1.807, 2.05) is 32.9 Å². The van der Waals surface area contributed by atoms with E-state index in [0.29, 0.717) is 0 Å².